The van der Waals surface area contributed by atoms with Gasteiger partial charge in [-0.25, -0.2) is 0 Å². The first-order chi connectivity index (χ1) is 4.50. The lowest BCUT2D eigenvalue weighted by atomic mass is 10.2. The Hall–Kier alpha value is -0.800. The normalized spacial score (nSPS) is 24.0. The lowest BCUT2D eigenvalue weighted by molar-refractivity contribution is 0.630. The topological polar surface area (TPSA) is 48.8 Å². The maximum atomic E-state index is 3.65. The first-order valence-electron chi connectivity index (χ1n) is 3.35. The lowest BCUT2D eigenvalue weighted by Gasteiger charge is -1.94. The van der Waals surface area contributed by atoms with E-state index in [0.29, 0.717) is 0 Å². The number of hydrogen-bond donors (Lipinski definition) is 2. The first-order valence-corrected chi connectivity index (χ1v) is 3.35. The van der Waals surface area contributed by atoms with Crippen molar-refractivity contribution >= 4 is 0 Å². The van der Waals surface area contributed by atoms with Gasteiger partial charge in [0.15, 0.2) is 0 Å². The molecule has 4 heteroatoms. The van der Waals surface area contributed by atoms with Crippen LogP contribution in [0.15, 0.2) is 10.4 Å². The number of nitrogens with one attached hydrogen (secondary N) is 2. The molecule has 0 spiro atoms. The standard InChI is InChI=1S/C5H12N4/c1-2-4-6-8-9-7-5-3-1/h1-5H2,(H,6,9)(H,7,8). The van der Waals surface area contributed by atoms with E-state index in [0.717, 1.165) is 13.1 Å². The average molecular weight is 128 g/mol. The Morgan fingerprint density at radius 2 is 1.33 bits per heavy atom. The zero-order chi connectivity index (χ0) is 6.36. The van der Waals surface area contributed by atoms with E-state index in [1.54, 1.807) is 0 Å². The molecule has 2 N–H and O–H groups in total. The molecule has 0 radical (unpaired) electrons. The molecule has 0 bridgehead atoms. The molecule has 1 aliphatic heterocycles. The van der Waals surface area contributed by atoms with Gasteiger partial charge < -0.3 is 0 Å². The van der Waals surface area contributed by atoms with E-state index in [1.165, 1.54) is 19.3 Å². The van der Waals surface area contributed by atoms with Gasteiger partial charge in [0.2, 0.25) is 0 Å². The fraction of sp³-hybridized carbons (Fsp3) is 1.00. The molecule has 52 valence electrons. The predicted molar refractivity (Wildman–Crippen MR) is 34.7 cm³/mol. The molecule has 9 heavy (non-hydrogen) atoms. The molecule has 0 saturated carbocycles. The zero-order valence-corrected chi connectivity index (χ0v) is 5.43. The highest BCUT2D eigenvalue weighted by molar-refractivity contribution is 4.47. The molecule has 4 nitrogen and oxygen atoms in total. The molecule has 0 aromatic rings. The summed E-state index contributed by atoms with van der Waals surface area (Å²) in [5, 5.41) is 7.31. The maximum absolute atomic E-state index is 3.65. The van der Waals surface area contributed by atoms with Crippen molar-refractivity contribution in [1.29, 1.82) is 0 Å². The lowest BCUT2D eigenvalue weighted by Crippen LogP contribution is -2.07. The molecule has 0 saturated heterocycles. The van der Waals surface area contributed by atoms with Crippen LogP contribution in [0, 0.1) is 0 Å². The molecule has 0 unspecified atom stereocenters. The molecule has 1 aliphatic rings. The minimum absolute atomic E-state index is 0.950. The van der Waals surface area contributed by atoms with Crippen molar-refractivity contribution < 1.29 is 0 Å². The van der Waals surface area contributed by atoms with Crippen LogP contribution in [0.5, 0.6) is 0 Å². The second-order valence-electron chi connectivity index (χ2n) is 2.08. The Bertz CT molecular complexity index is 81.0. The van der Waals surface area contributed by atoms with E-state index >= 15 is 0 Å². The smallest absolute Gasteiger partial charge is 0.0347 e. The fourth-order valence-electron chi connectivity index (χ4n) is 0.756. The Morgan fingerprint density at radius 3 is 1.89 bits per heavy atom. The monoisotopic (exact) mass is 128 g/mol. The van der Waals surface area contributed by atoms with Gasteiger partial charge in [0.25, 0.3) is 0 Å². The van der Waals surface area contributed by atoms with Crippen LogP contribution in [0.4, 0.5) is 0 Å². The Morgan fingerprint density at radius 1 is 0.778 bits per heavy atom. The SMILES string of the molecule is C1CCN/N=N/NCC1. The van der Waals surface area contributed by atoms with E-state index < -0.39 is 0 Å². The maximum Gasteiger partial charge on any atom is 0.0347 e. The summed E-state index contributed by atoms with van der Waals surface area (Å²) in [5.74, 6) is 0. The summed E-state index contributed by atoms with van der Waals surface area (Å²) in [4.78, 5) is 0. The second kappa shape index (κ2) is 4.12. The van der Waals surface area contributed by atoms with Crippen LogP contribution in [-0.2, 0) is 0 Å². The summed E-state index contributed by atoms with van der Waals surface area (Å²) >= 11 is 0. The first kappa shape index (κ1) is 6.32. The minimum Gasteiger partial charge on any atom is -0.290 e. The van der Waals surface area contributed by atoms with Crippen LogP contribution >= 0.6 is 0 Å². The van der Waals surface area contributed by atoms with Gasteiger partial charge in [-0.2, -0.15) is 0 Å². The molecule has 0 aromatic carbocycles. The molecule has 0 amide bonds. The number of nitrogens with zero attached hydrogens (tertiary/aromatic N) is 2. The highest BCUT2D eigenvalue weighted by atomic mass is 15.5. The molecular weight excluding hydrogens is 116 g/mol. The van der Waals surface area contributed by atoms with E-state index in [-0.39, 0.29) is 0 Å². The van der Waals surface area contributed by atoms with Gasteiger partial charge in [-0.05, 0) is 19.3 Å². The number of hydrogen-bond acceptors (Lipinski definition) is 4. The third-order valence-corrected chi connectivity index (χ3v) is 1.27. The summed E-state index contributed by atoms with van der Waals surface area (Å²) < 4.78 is 0. The minimum atomic E-state index is 0.950. The predicted octanol–water partition coefficient (Wildman–Crippen LogP) is 0.632. The highest BCUT2D eigenvalue weighted by Crippen LogP contribution is 1.93. The molecule has 0 fully saturated rings. The van der Waals surface area contributed by atoms with Gasteiger partial charge in [0.1, 0.15) is 0 Å². The largest absolute Gasteiger partial charge is 0.290 e. The van der Waals surface area contributed by atoms with E-state index in [9.17, 15) is 0 Å². The summed E-state index contributed by atoms with van der Waals surface area (Å²) in [6.07, 6.45) is 3.65. The van der Waals surface area contributed by atoms with Crippen LogP contribution < -0.4 is 10.9 Å². The van der Waals surface area contributed by atoms with Crippen LogP contribution in [-0.4, -0.2) is 13.1 Å². The van der Waals surface area contributed by atoms with Crippen molar-refractivity contribution in [3.63, 3.8) is 0 Å². The van der Waals surface area contributed by atoms with Crippen LogP contribution in [0.3, 0.4) is 0 Å². The summed E-state index contributed by atoms with van der Waals surface area (Å²) in [6.45, 7) is 1.90. The molecule has 0 aromatic heterocycles. The van der Waals surface area contributed by atoms with Crippen LogP contribution in [0.25, 0.3) is 0 Å². The summed E-state index contributed by atoms with van der Waals surface area (Å²) in [5.41, 5.74) is 5.65. The average Bonchev–Trinajstić information content (AvgIpc) is 2.00. The molecular formula is C5H12N4. The van der Waals surface area contributed by atoms with Crippen LogP contribution in [0.1, 0.15) is 19.3 Å². The van der Waals surface area contributed by atoms with Crippen molar-refractivity contribution in [1.82, 2.24) is 10.9 Å². The van der Waals surface area contributed by atoms with Crippen molar-refractivity contribution in [2.24, 2.45) is 10.4 Å². The van der Waals surface area contributed by atoms with Gasteiger partial charge in [-0.3, -0.25) is 10.9 Å². The van der Waals surface area contributed by atoms with Gasteiger partial charge in [-0.15, -0.1) is 0 Å². The zero-order valence-electron chi connectivity index (χ0n) is 5.43. The van der Waals surface area contributed by atoms with E-state index in [4.69, 9.17) is 0 Å². The third kappa shape index (κ3) is 2.90. The number of rotatable bonds is 0. The molecule has 0 aliphatic carbocycles. The van der Waals surface area contributed by atoms with Gasteiger partial charge in [0.05, 0.1) is 0 Å². The fourth-order valence-corrected chi connectivity index (χ4v) is 0.756. The van der Waals surface area contributed by atoms with Gasteiger partial charge in [-0.1, -0.05) is 10.4 Å². The summed E-state index contributed by atoms with van der Waals surface area (Å²) in [7, 11) is 0. The van der Waals surface area contributed by atoms with Crippen molar-refractivity contribution in [2.75, 3.05) is 13.1 Å². The quantitative estimate of drug-likeness (QED) is 0.502. The van der Waals surface area contributed by atoms with Crippen molar-refractivity contribution in [3.8, 4) is 0 Å². The molecule has 1 rings (SSSR count). The van der Waals surface area contributed by atoms with Gasteiger partial charge in [0, 0.05) is 13.1 Å². The summed E-state index contributed by atoms with van der Waals surface area (Å²) in [6, 6.07) is 0. The highest BCUT2D eigenvalue weighted by Gasteiger charge is 1.89. The Kier molecular flexibility index (Phi) is 2.89. The molecule has 0 atom stereocenters. The van der Waals surface area contributed by atoms with Crippen molar-refractivity contribution in [2.45, 2.75) is 19.3 Å². The molecule has 1 heterocycles. The third-order valence-electron chi connectivity index (χ3n) is 1.27. The van der Waals surface area contributed by atoms with Gasteiger partial charge >= 0.3 is 0 Å². The Balaban J connectivity index is 2.15. The van der Waals surface area contributed by atoms with Crippen LogP contribution in [0.2, 0.25) is 0 Å². The van der Waals surface area contributed by atoms with E-state index in [2.05, 4.69) is 21.3 Å². The Labute approximate surface area is 54.7 Å². The van der Waals surface area contributed by atoms with E-state index in [1.807, 2.05) is 0 Å². The van der Waals surface area contributed by atoms with Crippen molar-refractivity contribution in [3.05, 3.63) is 0 Å². The second-order valence-corrected chi connectivity index (χ2v) is 2.08.